The molecule has 1 fully saturated rings. The first-order chi connectivity index (χ1) is 8.04. The van der Waals surface area contributed by atoms with E-state index >= 15 is 0 Å². The van der Waals surface area contributed by atoms with Gasteiger partial charge >= 0.3 is 6.18 Å². The summed E-state index contributed by atoms with van der Waals surface area (Å²) < 4.78 is 38.4. The van der Waals surface area contributed by atoms with Gasteiger partial charge < -0.3 is 5.32 Å². The van der Waals surface area contributed by atoms with Crippen LogP contribution in [0.4, 0.5) is 13.2 Å². The van der Waals surface area contributed by atoms with E-state index in [1.807, 2.05) is 6.92 Å². The van der Waals surface area contributed by atoms with Gasteiger partial charge in [-0.2, -0.15) is 13.2 Å². The fraction of sp³-hybridized carbons (Fsp3) is 0.538. The summed E-state index contributed by atoms with van der Waals surface area (Å²) >= 11 is 0. The highest BCUT2D eigenvalue weighted by Crippen LogP contribution is 2.50. The van der Waals surface area contributed by atoms with E-state index in [9.17, 15) is 13.2 Å². The number of alkyl halides is 3. The highest BCUT2D eigenvalue weighted by atomic mass is 19.4. The summed E-state index contributed by atoms with van der Waals surface area (Å²) in [4.78, 5) is 0. The molecule has 0 saturated heterocycles. The molecule has 0 amide bonds. The summed E-state index contributed by atoms with van der Waals surface area (Å²) in [5.41, 5.74) is -0.00750. The third kappa shape index (κ3) is 2.80. The summed E-state index contributed by atoms with van der Waals surface area (Å²) in [6.07, 6.45) is -3.37. The van der Waals surface area contributed by atoms with E-state index in [1.54, 1.807) is 12.1 Å². The zero-order valence-corrected chi connectivity index (χ0v) is 9.72. The Bertz CT molecular complexity index is 386. The third-order valence-corrected chi connectivity index (χ3v) is 3.24. The van der Waals surface area contributed by atoms with E-state index in [0.29, 0.717) is 11.5 Å². The number of nitrogens with one attached hydrogen (secondary N) is 1. The van der Waals surface area contributed by atoms with Crippen LogP contribution in [0.5, 0.6) is 0 Å². The summed E-state index contributed by atoms with van der Waals surface area (Å²) in [5, 5.41) is 3.19. The molecule has 0 aliphatic heterocycles. The maximum atomic E-state index is 12.8. The van der Waals surface area contributed by atoms with Gasteiger partial charge in [0.15, 0.2) is 0 Å². The summed E-state index contributed by atoms with van der Waals surface area (Å²) in [6.45, 7) is 3.68. The first-order valence-electron chi connectivity index (χ1n) is 5.91. The van der Waals surface area contributed by atoms with Gasteiger partial charge in [-0.3, -0.25) is 0 Å². The first kappa shape index (κ1) is 12.4. The Balaban J connectivity index is 2.12. The van der Waals surface area contributed by atoms with Gasteiger partial charge in [0.1, 0.15) is 0 Å². The molecule has 1 aliphatic carbocycles. The van der Waals surface area contributed by atoms with Gasteiger partial charge in [-0.25, -0.2) is 0 Å². The van der Waals surface area contributed by atoms with Crippen molar-refractivity contribution in [2.45, 2.75) is 25.4 Å². The van der Waals surface area contributed by atoms with E-state index in [1.165, 1.54) is 12.1 Å². The number of benzene rings is 1. The Morgan fingerprint density at radius 3 is 2.65 bits per heavy atom. The van der Waals surface area contributed by atoms with Crippen LogP contribution in [0.3, 0.4) is 0 Å². The van der Waals surface area contributed by atoms with Crippen LogP contribution in [0.1, 0.15) is 30.4 Å². The molecule has 17 heavy (non-hydrogen) atoms. The van der Waals surface area contributed by atoms with Crippen molar-refractivity contribution in [1.82, 2.24) is 5.32 Å². The van der Waals surface area contributed by atoms with Crippen molar-refractivity contribution in [3.05, 3.63) is 35.4 Å². The predicted octanol–water partition coefficient (Wildman–Crippen LogP) is 3.42. The monoisotopic (exact) mass is 243 g/mol. The van der Waals surface area contributed by atoms with Gasteiger partial charge in [-0.05, 0) is 43.0 Å². The Hall–Kier alpha value is -1.03. The lowest BCUT2D eigenvalue weighted by Crippen LogP contribution is -2.16. The molecule has 1 aliphatic rings. The van der Waals surface area contributed by atoms with Gasteiger partial charge in [0, 0.05) is 0 Å². The smallest absolute Gasteiger partial charge is 0.317 e. The summed E-state index contributed by atoms with van der Waals surface area (Å²) in [7, 11) is 0. The van der Waals surface area contributed by atoms with Crippen LogP contribution in [-0.2, 0) is 6.18 Å². The molecule has 0 spiro atoms. The van der Waals surface area contributed by atoms with E-state index in [0.717, 1.165) is 19.5 Å². The molecule has 0 heterocycles. The van der Waals surface area contributed by atoms with Gasteiger partial charge in [0.25, 0.3) is 0 Å². The van der Waals surface area contributed by atoms with Crippen molar-refractivity contribution >= 4 is 0 Å². The number of halogens is 3. The molecule has 94 valence electrons. The molecule has 1 N–H and O–H groups in total. The molecule has 0 radical (unpaired) electrons. The van der Waals surface area contributed by atoms with E-state index in [4.69, 9.17) is 0 Å². The van der Waals surface area contributed by atoms with E-state index < -0.39 is 11.7 Å². The Morgan fingerprint density at radius 1 is 1.29 bits per heavy atom. The topological polar surface area (TPSA) is 12.0 Å². The minimum Gasteiger partial charge on any atom is -0.317 e. The van der Waals surface area contributed by atoms with Crippen LogP contribution in [-0.4, -0.2) is 13.1 Å². The maximum absolute atomic E-state index is 12.8. The average molecular weight is 243 g/mol. The van der Waals surface area contributed by atoms with Crippen molar-refractivity contribution in [3.8, 4) is 0 Å². The molecule has 2 atom stereocenters. The second kappa shape index (κ2) is 4.69. The molecule has 1 nitrogen and oxygen atoms in total. The lowest BCUT2D eigenvalue weighted by atomic mass is 10.0. The van der Waals surface area contributed by atoms with Gasteiger partial charge in [0.2, 0.25) is 0 Å². The number of hydrogen-bond acceptors (Lipinski definition) is 1. The molecule has 1 aromatic carbocycles. The number of rotatable bonds is 4. The molecular formula is C13H16F3N. The van der Waals surface area contributed by atoms with Crippen molar-refractivity contribution in [2.24, 2.45) is 5.92 Å². The Labute approximate surface area is 99.0 Å². The number of hydrogen-bond donors (Lipinski definition) is 1. The molecule has 0 aromatic heterocycles. The van der Waals surface area contributed by atoms with Gasteiger partial charge in [-0.1, -0.05) is 25.1 Å². The van der Waals surface area contributed by atoms with E-state index in [-0.39, 0.29) is 5.92 Å². The van der Waals surface area contributed by atoms with Crippen molar-refractivity contribution in [1.29, 1.82) is 0 Å². The third-order valence-electron chi connectivity index (χ3n) is 3.24. The van der Waals surface area contributed by atoms with Crippen LogP contribution < -0.4 is 5.32 Å². The largest absolute Gasteiger partial charge is 0.416 e. The van der Waals surface area contributed by atoms with Crippen molar-refractivity contribution in [3.63, 3.8) is 0 Å². The maximum Gasteiger partial charge on any atom is 0.416 e. The molecule has 1 aromatic rings. The van der Waals surface area contributed by atoms with Crippen LogP contribution in [0.2, 0.25) is 0 Å². The van der Waals surface area contributed by atoms with Gasteiger partial charge in [0.05, 0.1) is 5.56 Å². The Kier molecular flexibility index (Phi) is 3.43. The van der Waals surface area contributed by atoms with Crippen molar-refractivity contribution in [2.75, 3.05) is 13.1 Å². The minimum absolute atomic E-state index is 0.0758. The summed E-state index contributed by atoms with van der Waals surface area (Å²) in [6, 6.07) is 5.93. The van der Waals surface area contributed by atoms with E-state index in [2.05, 4.69) is 5.32 Å². The fourth-order valence-corrected chi connectivity index (χ4v) is 2.26. The first-order valence-corrected chi connectivity index (χ1v) is 5.91. The quantitative estimate of drug-likeness (QED) is 0.854. The minimum atomic E-state index is -4.23. The lowest BCUT2D eigenvalue weighted by Gasteiger charge is -2.12. The summed E-state index contributed by atoms with van der Waals surface area (Å²) in [5.74, 6) is 0.435. The Morgan fingerprint density at radius 2 is 2.00 bits per heavy atom. The highest BCUT2D eigenvalue weighted by Gasteiger charge is 2.43. The van der Waals surface area contributed by atoms with Crippen molar-refractivity contribution < 1.29 is 13.2 Å². The molecule has 4 heteroatoms. The highest BCUT2D eigenvalue weighted by molar-refractivity contribution is 5.36. The van der Waals surface area contributed by atoms with Crippen LogP contribution in [0, 0.1) is 5.92 Å². The molecule has 2 unspecified atom stereocenters. The molecule has 1 saturated carbocycles. The van der Waals surface area contributed by atoms with Gasteiger partial charge in [-0.15, -0.1) is 0 Å². The van der Waals surface area contributed by atoms with Crippen LogP contribution in [0.25, 0.3) is 0 Å². The molecule has 0 bridgehead atoms. The fourth-order valence-electron chi connectivity index (χ4n) is 2.26. The predicted molar refractivity (Wildman–Crippen MR) is 60.8 cm³/mol. The second-order valence-electron chi connectivity index (χ2n) is 4.49. The lowest BCUT2D eigenvalue weighted by molar-refractivity contribution is -0.138. The second-order valence-corrected chi connectivity index (χ2v) is 4.49. The van der Waals surface area contributed by atoms with Crippen LogP contribution in [0.15, 0.2) is 24.3 Å². The SMILES string of the molecule is CCNCC1CC1c1ccccc1C(F)(F)F. The zero-order chi connectivity index (χ0) is 12.5. The molecule has 2 rings (SSSR count). The molecular weight excluding hydrogens is 227 g/mol. The van der Waals surface area contributed by atoms with Crippen LogP contribution >= 0.6 is 0 Å². The average Bonchev–Trinajstić information content (AvgIpc) is 3.04. The standard InChI is InChI=1S/C13H16F3N/c1-2-17-8-9-7-11(9)10-5-3-4-6-12(10)13(14,15)16/h3-6,9,11,17H,2,7-8H2,1H3. The normalized spacial score (nSPS) is 23.8. The zero-order valence-electron chi connectivity index (χ0n) is 9.72.